The molecule has 6 aliphatic rings. The Labute approximate surface area is 608 Å². The lowest BCUT2D eigenvalue weighted by atomic mass is 10.2. The van der Waals surface area contributed by atoms with Crippen LogP contribution < -0.4 is 0 Å². The van der Waals surface area contributed by atoms with Crippen molar-refractivity contribution in [3.8, 4) is 0 Å². The van der Waals surface area contributed by atoms with E-state index in [0.29, 0.717) is 0 Å². The number of rotatable bonds is 16. The standard InChI is InChI=1S/C64H48Br8O12Si8/c65-57-17-1-49(2-18-57)33-41-85-73-86(42-34-50-3-19-58(66)20-4-50)76-89(45-37-53-9-25-61(69)26-10-53)78-87(74-85,43-35-51-5-21-59(67)22-6-51)80-91(47-39-55-13-29-63(71)30-14-55)81-88(75-85,44-36-52-7-23-60(68)24-8-52)79-90(77-86,46-38-54-11-27-62(70)28-12-54)83-92(82-89,84-91)48-40-56-15-31-64(72)32-16-56/h1-48H/b41-33+,42-34+,43-35+,44-36+,45-37+,46-38+,47-39+,48-40+. The third-order valence-electron chi connectivity index (χ3n) is 14.2. The summed E-state index contributed by atoms with van der Waals surface area (Å²) in [5.41, 5.74) is 20.6. The minimum absolute atomic E-state index is 0.777. The van der Waals surface area contributed by atoms with Crippen molar-refractivity contribution in [2.24, 2.45) is 0 Å². The molecule has 0 amide bonds. The summed E-state index contributed by atoms with van der Waals surface area (Å²) < 4.78 is 104. The van der Waals surface area contributed by atoms with E-state index < -0.39 is 70.4 Å². The van der Waals surface area contributed by atoms with Crippen LogP contribution in [0.5, 0.6) is 0 Å². The van der Waals surface area contributed by atoms with Crippen LogP contribution >= 0.6 is 127 Å². The maximum Gasteiger partial charge on any atom is 0.508 e. The Kier molecular flexibility index (Phi) is 20.7. The number of hydrogen-bond acceptors (Lipinski definition) is 12. The first-order valence-electron chi connectivity index (χ1n) is 28.3. The lowest BCUT2D eigenvalue weighted by molar-refractivity contribution is -0.00557. The van der Waals surface area contributed by atoms with E-state index in [4.69, 9.17) is 49.4 Å². The van der Waals surface area contributed by atoms with Crippen molar-refractivity contribution in [2.45, 2.75) is 0 Å². The van der Waals surface area contributed by atoms with Gasteiger partial charge in [-0.3, -0.25) is 0 Å². The highest BCUT2D eigenvalue weighted by Crippen LogP contribution is 2.52. The molecule has 0 spiro atoms. The molecule has 6 heterocycles. The van der Waals surface area contributed by atoms with Gasteiger partial charge in [-0.15, -0.1) is 0 Å². The molecule has 6 saturated heterocycles. The Bertz CT molecular complexity index is 3360. The van der Waals surface area contributed by atoms with Crippen molar-refractivity contribution in [3.63, 3.8) is 0 Å². The van der Waals surface area contributed by atoms with Gasteiger partial charge in [0.2, 0.25) is 0 Å². The van der Waals surface area contributed by atoms with Gasteiger partial charge >= 0.3 is 70.4 Å². The predicted octanol–water partition coefficient (Wildman–Crippen LogP) is 19.9. The Morgan fingerprint density at radius 1 is 0.152 bits per heavy atom. The van der Waals surface area contributed by atoms with Crippen LogP contribution in [0.2, 0.25) is 0 Å². The van der Waals surface area contributed by atoms with Crippen molar-refractivity contribution in [2.75, 3.05) is 0 Å². The summed E-state index contributed by atoms with van der Waals surface area (Å²) in [6.45, 7) is 0. The molecule has 6 fully saturated rings. The fourth-order valence-corrected chi connectivity index (χ4v) is 53.7. The van der Waals surface area contributed by atoms with Crippen LogP contribution in [-0.2, 0) is 49.4 Å². The fraction of sp³-hybridized carbons (Fsp3) is 0. The first-order valence-corrected chi connectivity index (χ1v) is 49.0. The van der Waals surface area contributed by atoms with Crippen molar-refractivity contribution in [1.29, 1.82) is 0 Å². The van der Waals surface area contributed by atoms with Crippen molar-refractivity contribution >= 4 is 246 Å². The lowest BCUT2D eigenvalue weighted by Crippen LogP contribution is -2.87. The fourth-order valence-electron chi connectivity index (χ4n) is 9.87. The zero-order valence-electron chi connectivity index (χ0n) is 47.6. The number of benzene rings is 8. The van der Waals surface area contributed by atoms with E-state index in [1.165, 1.54) is 0 Å². The van der Waals surface area contributed by atoms with E-state index in [1.807, 2.05) is 243 Å². The van der Waals surface area contributed by atoms with E-state index in [0.717, 1.165) is 80.3 Å². The molecule has 14 rings (SSSR count). The second-order valence-electron chi connectivity index (χ2n) is 21.1. The number of halogens is 8. The normalized spacial score (nSPS) is 28.8. The van der Waals surface area contributed by atoms with Crippen molar-refractivity contribution < 1.29 is 49.4 Å². The van der Waals surface area contributed by atoms with Crippen LogP contribution in [0.4, 0.5) is 0 Å². The van der Waals surface area contributed by atoms with Gasteiger partial charge in [-0.05, 0) is 187 Å². The zero-order valence-corrected chi connectivity index (χ0v) is 68.3. The van der Waals surface area contributed by atoms with Gasteiger partial charge in [-0.2, -0.15) is 0 Å². The van der Waals surface area contributed by atoms with Crippen LogP contribution in [-0.4, -0.2) is 70.4 Å². The predicted molar refractivity (Wildman–Crippen MR) is 404 cm³/mol. The second-order valence-corrected chi connectivity index (χ2v) is 50.6. The highest BCUT2D eigenvalue weighted by Gasteiger charge is 2.82. The first-order chi connectivity index (χ1) is 44.3. The summed E-state index contributed by atoms with van der Waals surface area (Å²) in [5, 5.41) is 0. The average molecular weight is 1870 g/mol. The van der Waals surface area contributed by atoms with Gasteiger partial charge < -0.3 is 49.4 Å². The summed E-state index contributed by atoms with van der Waals surface area (Å²) in [4.78, 5) is 0. The van der Waals surface area contributed by atoms with Crippen molar-refractivity contribution in [3.05, 3.63) is 320 Å². The van der Waals surface area contributed by atoms with Crippen LogP contribution in [0.15, 0.2) is 275 Å². The Morgan fingerprint density at radius 2 is 0.239 bits per heavy atom. The molecule has 92 heavy (non-hydrogen) atoms. The van der Waals surface area contributed by atoms with Crippen LogP contribution in [0.1, 0.15) is 44.5 Å². The zero-order chi connectivity index (χ0) is 63.7. The molecule has 0 radical (unpaired) electrons. The minimum atomic E-state index is -4.90. The van der Waals surface area contributed by atoms with Gasteiger partial charge in [0.1, 0.15) is 0 Å². The molecule has 12 nitrogen and oxygen atoms in total. The highest BCUT2D eigenvalue weighted by atomic mass is 79.9. The maximum absolute atomic E-state index is 8.08. The first kappa shape index (κ1) is 67.3. The topological polar surface area (TPSA) is 111 Å². The highest BCUT2D eigenvalue weighted by molar-refractivity contribution is 9.11. The molecule has 0 aliphatic carbocycles. The third kappa shape index (κ3) is 16.5. The van der Waals surface area contributed by atoms with E-state index in [2.05, 4.69) is 127 Å². The molecule has 28 heteroatoms. The van der Waals surface area contributed by atoms with E-state index >= 15 is 0 Å². The SMILES string of the molecule is Brc1ccc(/C=C/[Si]23O[Si]4(/C=C/c5ccc(Br)cc5)O[Si]5(/C=C/c6ccc(Br)cc6)O[Si](/C=C/c6ccc(Br)cc6)(O2)O[Si]2(/C=C/c6ccc(Br)cc6)O[Si](/C=C/c6ccc(Br)cc6)(O3)O[Si](/C=C/c3ccc(Br)cc3)(O4)O[Si](/C=C/c3ccc(Br)cc3)(O5)O2)cc1. The molecule has 8 bridgehead atoms. The molecule has 0 aromatic heterocycles. The molecule has 0 unspecified atom stereocenters. The second kappa shape index (κ2) is 28.3. The summed E-state index contributed by atoms with van der Waals surface area (Å²) >= 11 is 29.1. The smallest absolute Gasteiger partial charge is 0.367 e. The van der Waals surface area contributed by atoms with Crippen LogP contribution in [0, 0.1) is 0 Å². The van der Waals surface area contributed by atoms with Gasteiger partial charge in [-0.25, -0.2) is 0 Å². The van der Waals surface area contributed by atoms with Crippen molar-refractivity contribution in [1.82, 2.24) is 0 Å². The molecular formula is C64H48Br8O12Si8. The van der Waals surface area contributed by atoms with Crippen LogP contribution in [0.3, 0.4) is 0 Å². The lowest BCUT2D eigenvalue weighted by Gasteiger charge is -2.60. The molecule has 6 aliphatic heterocycles. The van der Waals surface area contributed by atoms with Crippen LogP contribution in [0.25, 0.3) is 48.6 Å². The summed E-state index contributed by atoms with van der Waals surface area (Å²) in [6.07, 6.45) is 15.1. The Hall–Kier alpha value is -3.22. The van der Waals surface area contributed by atoms with Gasteiger partial charge in [0.05, 0.1) is 0 Å². The van der Waals surface area contributed by atoms with Gasteiger partial charge in [0, 0.05) is 35.8 Å². The van der Waals surface area contributed by atoms with Gasteiger partial charge in [0.25, 0.3) is 0 Å². The summed E-state index contributed by atoms with van der Waals surface area (Å²) in [5.74, 6) is 0. The molecule has 8 aromatic rings. The average Bonchev–Trinajstić information content (AvgIpc) is 0.687. The molecule has 464 valence electrons. The number of hydrogen-bond donors (Lipinski definition) is 0. The Morgan fingerprint density at radius 3 is 0.326 bits per heavy atom. The maximum atomic E-state index is 8.08. The molecule has 8 aromatic carbocycles. The van der Waals surface area contributed by atoms with E-state index in [1.54, 1.807) is 45.6 Å². The Balaban J connectivity index is 1.17. The van der Waals surface area contributed by atoms with E-state index in [9.17, 15) is 0 Å². The summed E-state index contributed by atoms with van der Waals surface area (Å²) in [7, 11) is -39.2. The monoisotopic (exact) mass is 1860 g/mol. The molecular weight excluding hydrogens is 1820 g/mol. The van der Waals surface area contributed by atoms with Gasteiger partial charge in [-0.1, -0.05) is 273 Å². The summed E-state index contributed by atoms with van der Waals surface area (Å²) in [6, 6.07) is 62.6. The third-order valence-corrected chi connectivity index (χ3v) is 50.4. The van der Waals surface area contributed by atoms with E-state index in [-0.39, 0.29) is 0 Å². The molecule has 0 N–H and O–H groups in total. The largest absolute Gasteiger partial charge is 0.508 e. The quantitative estimate of drug-likeness (QED) is 0.0859. The minimum Gasteiger partial charge on any atom is -0.367 e. The molecule has 0 atom stereocenters. The van der Waals surface area contributed by atoms with Gasteiger partial charge in [0.15, 0.2) is 0 Å². The molecule has 0 saturated carbocycles.